The Morgan fingerprint density at radius 1 is 1.26 bits per heavy atom. The van der Waals surface area contributed by atoms with Gasteiger partial charge in [-0.05, 0) is 71.0 Å². The lowest BCUT2D eigenvalue weighted by Gasteiger charge is -2.13. The molecule has 19 heavy (non-hydrogen) atoms. The van der Waals surface area contributed by atoms with Crippen molar-refractivity contribution in [2.45, 2.75) is 66.0 Å². The summed E-state index contributed by atoms with van der Waals surface area (Å²) >= 11 is 0. The van der Waals surface area contributed by atoms with Crippen molar-refractivity contribution in [3.63, 3.8) is 0 Å². The molecule has 1 aromatic heterocycles. The Kier molecular flexibility index (Phi) is 5.26. The van der Waals surface area contributed by atoms with Crippen LogP contribution in [-0.4, -0.2) is 11.1 Å². The quantitative estimate of drug-likeness (QED) is 0.602. The minimum Gasteiger partial charge on any atom is -0.349 e. The Morgan fingerprint density at radius 2 is 2.11 bits per heavy atom. The maximum Gasteiger partial charge on any atom is 0.0223 e. The molecule has 0 fully saturated rings. The molecule has 0 aliphatic heterocycles. The molecule has 0 saturated carbocycles. The molecule has 0 amide bonds. The van der Waals surface area contributed by atoms with Gasteiger partial charge in [0, 0.05) is 24.5 Å². The lowest BCUT2D eigenvalue weighted by molar-refractivity contribution is 0.629. The van der Waals surface area contributed by atoms with Gasteiger partial charge in [0.15, 0.2) is 0 Å². The monoisotopic (exact) mass is 260 g/mol. The van der Waals surface area contributed by atoms with Crippen molar-refractivity contribution in [3.05, 3.63) is 34.7 Å². The number of hydrogen-bond donors (Lipinski definition) is 1. The van der Waals surface area contributed by atoms with Crippen LogP contribution in [0, 0.1) is 13.8 Å². The highest BCUT2D eigenvalue weighted by molar-refractivity contribution is 5.26. The summed E-state index contributed by atoms with van der Waals surface area (Å²) in [6.45, 7) is 9.84. The Hall–Kier alpha value is -1.02. The van der Waals surface area contributed by atoms with E-state index in [1.165, 1.54) is 49.1 Å². The number of nitrogens with one attached hydrogen (secondary N) is 1. The highest BCUT2D eigenvalue weighted by atomic mass is 15.0. The summed E-state index contributed by atoms with van der Waals surface area (Å²) in [7, 11) is 0. The van der Waals surface area contributed by atoms with Gasteiger partial charge in [-0.3, -0.25) is 0 Å². The summed E-state index contributed by atoms with van der Waals surface area (Å²) < 4.78 is 2.39. The molecule has 0 bridgehead atoms. The maximum atomic E-state index is 3.60. The van der Waals surface area contributed by atoms with Crippen LogP contribution in [-0.2, 0) is 13.1 Å². The Balaban J connectivity index is 1.78. The van der Waals surface area contributed by atoms with Crippen LogP contribution < -0.4 is 5.32 Å². The van der Waals surface area contributed by atoms with Crippen LogP contribution in [0.15, 0.2) is 17.7 Å². The number of hydrogen-bond acceptors (Lipinski definition) is 1. The maximum absolute atomic E-state index is 3.60. The zero-order valence-electron chi connectivity index (χ0n) is 12.8. The van der Waals surface area contributed by atoms with Crippen LogP contribution in [0.2, 0.25) is 0 Å². The molecule has 0 saturated heterocycles. The first-order chi connectivity index (χ1) is 9.22. The van der Waals surface area contributed by atoms with Gasteiger partial charge in [-0.15, -0.1) is 0 Å². The highest BCUT2D eigenvalue weighted by Crippen LogP contribution is 2.19. The van der Waals surface area contributed by atoms with Crippen LogP contribution in [0.3, 0.4) is 0 Å². The van der Waals surface area contributed by atoms with Gasteiger partial charge in [-0.1, -0.05) is 11.6 Å². The molecule has 1 aromatic rings. The van der Waals surface area contributed by atoms with Crippen LogP contribution in [0.1, 0.15) is 56.0 Å². The van der Waals surface area contributed by atoms with Gasteiger partial charge in [0.1, 0.15) is 0 Å². The fraction of sp³-hybridized carbons (Fsp3) is 0.647. The van der Waals surface area contributed by atoms with E-state index in [-0.39, 0.29) is 0 Å². The average molecular weight is 260 g/mol. The fourth-order valence-corrected chi connectivity index (χ4v) is 3.14. The molecular formula is C17H28N2. The van der Waals surface area contributed by atoms with Crippen LogP contribution in [0.25, 0.3) is 0 Å². The molecule has 1 aliphatic rings. The smallest absolute Gasteiger partial charge is 0.0223 e. The molecule has 0 unspecified atom stereocenters. The SMILES string of the molecule is CCn1c(C)cc(CNCCC2=CCCCC2)c1C. The van der Waals surface area contributed by atoms with Crippen molar-refractivity contribution in [3.8, 4) is 0 Å². The third-order valence-corrected chi connectivity index (χ3v) is 4.32. The molecule has 0 spiro atoms. The Morgan fingerprint density at radius 3 is 2.74 bits per heavy atom. The summed E-state index contributed by atoms with van der Waals surface area (Å²) in [6, 6.07) is 2.33. The highest BCUT2D eigenvalue weighted by Gasteiger charge is 2.07. The number of allylic oxidation sites excluding steroid dienone is 1. The van der Waals surface area contributed by atoms with Gasteiger partial charge in [-0.2, -0.15) is 0 Å². The molecule has 2 heteroatoms. The summed E-state index contributed by atoms with van der Waals surface area (Å²) in [6.07, 6.45) is 9.09. The molecule has 0 atom stereocenters. The molecule has 1 heterocycles. The van der Waals surface area contributed by atoms with Gasteiger partial charge in [-0.25, -0.2) is 0 Å². The van der Waals surface area contributed by atoms with Gasteiger partial charge in [0.25, 0.3) is 0 Å². The number of nitrogens with zero attached hydrogens (tertiary/aromatic N) is 1. The van der Waals surface area contributed by atoms with E-state index in [1.807, 2.05) is 0 Å². The predicted molar refractivity (Wildman–Crippen MR) is 82.5 cm³/mol. The summed E-state index contributed by atoms with van der Waals surface area (Å²) in [5, 5.41) is 3.60. The molecule has 2 rings (SSSR count). The molecule has 0 aromatic carbocycles. The minimum atomic E-state index is 1.01. The number of aryl methyl sites for hydroxylation is 1. The Bertz CT molecular complexity index is 440. The largest absolute Gasteiger partial charge is 0.349 e. The molecule has 1 N–H and O–H groups in total. The second-order valence-electron chi connectivity index (χ2n) is 5.68. The summed E-state index contributed by atoms with van der Waals surface area (Å²) in [4.78, 5) is 0. The van der Waals surface area contributed by atoms with E-state index < -0.39 is 0 Å². The van der Waals surface area contributed by atoms with Crippen LogP contribution in [0.4, 0.5) is 0 Å². The third-order valence-electron chi connectivity index (χ3n) is 4.32. The fourth-order valence-electron chi connectivity index (χ4n) is 3.14. The molecule has 1 aliphatic carbocycles. The number of rotatable bonds is 6. The predicted octanol–water partition coefficient (Wildman–Crippen LogP) is 4.10. The van der Waals surface area contributed by atoms with Gasteiger partial charge in [0.05, 0.1) is 0 Å². The van der Waals surface area contributed by atoms with E-state index in [0.717, 1.165) is 19.6 Å². The van der Waals surface area contributed by atoms with Crippen molar-refractivity contribution < 1.29 is 0 Å². The average Bonchev–Trinajstić information content (AvgIpc) is 2.70. The zero-order chi connectivity index (χ0) is 13.7. The van der Waals surface area contributed by atoms with Gasteiger partial charge >= 0.3 is 0 Å². The van der Waals surface area contributed by atoms with E-state index in [2.05, 4.69) is 42.8 Å². The van der Waals surface area contributed by atoms with Crippen LogP contribution >= 0.6 is 0 Å². The molecule has 0 radical (unpaired) electrons. The molecule has 106 valence electrons. The summed E-state index contributed by atoms with van der Waals surface area (Å²) in [5.41, 5.74) is 5.92. The first-order valence-corrected chi connectivity index (χ1v) is 7.76. The lowest BCUT2D eigenvalue weighted by atomic mass is 9.97. The van der Waals surface area contributed by atoms with Crippen molar-refractivity contribution >= 4 is 0 Å². The van der Waals surface area contributed by atoms with Crippen LogP contribution in [0.5, 0.6) is 0 Å². The van der Waals surface area contributed by atoms with Crippen molar-refractivity contribution in [1.29, 1.82) is 0 Å². The molecule has 2 nitrogen and oxygen atoms in total. The van der Waals surface area contributed by atoms with E-state index in [1.54, 1.807) is 5.57 Å². The standard InChI is InChI=1S/C17H28N2/c1-4-19-14(2)12-17(15(19)3)13-18-11-10-16-8-6-5-7-9-16/h8,12,18H,4-7,9-11,13H2,1-3H3. The van der Waals surface area contributed by atoms with Crippen molar-refractivity contribution in [1.82, 2.24) is 9.88 Å². The zero-order valence-corrected chi connectivity index (χ0v) is 12.8. The second-order valence-corrected chi connectivity index (χ2v) is 5.68. The van der Waals surface area contributed by atoms with Gasteiger partial charge < -0.3 is 9.88 Å². The van der Waals surface area contributed by atoms with E-state index in [9.17, 15) is 0 Å². The van der Waals surface area contributed by atoms with E-state index in [0.29, 0.717) is 0 Å². The Labute approximate surface area is 117 Å². The van der Waals surface area contributed by atoms with E-state index in [4.69, 9.17) is 0 Å². The van der Waals surface area contributed by atoms with E-state index >= 15 is 0 Å². The lowest BCUT2D eigenvalue weighted by Crippen LogP contribution is -2.16. The first-order valence-electron chi connectivity index (χ1n) is 7.76. The number of aromatic nitrogens is 1. The topological polar surface area (TPSA) is 17.0 Å². The second kappa shape index (κ2) is 6.95. The molecular weight excluding hydrogens is 232 g/mol. The van der Waals surface area contributed by atoms with Crippen molar-refractivity contribution in [2.24, 2.45) is 0 Å². The first kappa shape index (κ1) is 14.4. The van der Waals surface area contributed by atoms with Crippen molar-refractivity contribution in [2.75, 3.05) is 6.54 Å². The van der Waals surface area contributed by atoms with Gasteiger partial charge in [0.2, 0.25) is 0 Å². The third kappa shape index (κ3) is 3.73. The minimum absolute atomic E-state index is 1.01. The normalized spacial score (nSPS) is 15.6. The summed E-state index contributed by atoms with van der Waals surface area (Å²) in [5.74, 6) is 0.